The molecule has 2 aromatic rings. The highest BCUT2D eigenvalue weighted by Gasteiger charge is 2.14. The first-order chi connectivity index (χ1) is 8.36. The van der Waals surface area contributed by atoms with Gasteiger partial charge in [0.25, 0.3) is 0 Å². The van der Waals surface area contributed by atoms with Gasteiger partial charge >= 0.3 is 0 Å². The standard InChI is InChI=1S/C15H17NS/c1-16-15(12-8-4-3-5-9-12)13-10-6-7-11-14(13)17-2/h3-11,15-16H,1-2H3. The predicted molar refractivity (Wildman–Crippen MR) is 75.6 cm³/mol. The zero-order valence-corrected chi connectivity index (χ0v) is 11.0. The molecule has 0 aromatic heterocycles. The molecule has 0 spiro atoms. The van der Waals surface area contributed by atoms with Gasteiger partial charge < -0.3 is 5.32 Å². The molecule has 2 heteroatoms. The van der Waals surface area contributed by atoms with E-state index >= 15 is 0 Å². The first kappa shape index (κ1) is 12.2. The van der Waals surface area contributed by atoms with Gasteiger partial charge in [-0.05, 0) is 30.5 Å². The summed E-state index contributed by atoms with van der Waals surface area (Å²) in [5, 5.41) is 3.40. The fourth-order valence-corrected chi connectivity index (χ4v) is 2.69. The Morgan fingerprint density at radius 2 is 1.59 bits per heavy atom. The van der Waals surface area contributed by atoms with E-state index in [1.807, 2.05) is 7.05 Å². The predicted octanol–water partition coefficient (Wildman–Crippen LogP) is 3.72. The summed E-state index contributed by atoms with van der Waals surface area (Å²) in [4.78, 5) is 1.33. The lowest BCUT2D eigenvalue weighted by Gasteiger charge is -2.19. The Morgan fingerprint density at radius 1 is 0.941 bits per heavy atom. The molecule has 0 aliphatic carbocycles. The molecule has 1 unspecified atom stereocenters. The zero-order valence-electron chi connectivity index (χ0n) is 10.2. The molecule has 0 amide bonds. The molecule has 2 rings (SSSR count). The Hall–Kier alpha value is -1.25. The highest BCUT2D eigenvalue weighted by atomic mass is 32.2. The molecule has 1 N–H and O–H groups in total. The minimum absolute atomic E-state index is 0.264. The van der Waals surface area contributed by atoms with Crippen LogP contribution in [0.5, 0.6) is 0 Å². The summed E-state index contributed by atoms with van der Waals surface area (Å²) in [6.45, 7) is 0. The van der Waals surface area contributed by atoms with Crippen molar-refractivity contribution in [1.82, 2.24) is 5.32 Å². The zero-order chi connectivity index (χ0) is 12.1. The molecule has 0 aliphatic heterocycles. The largest absolute Gasteiger partial charge is 0.309 e. The highest BCUT2D eigenvalue weighted by molar-refractivity contribution is 7.98. The average molecular weight is 243 g/mol. The first-order valence-electron chi connectivity index (χ1n) is 5.72. The number of nitrogens with one attached hydrogen (secondary N) is 1. The molecule has 17 heavy (non-hydrogen) atoms. The second-order valence-corrected chi connectivity index (χ2v) is 4.72. The van der Waals surface area contributed by atoms with Crippen molar-refractivity contribution < 1.29 is 0 Å². The molecule has 1 nitrogen and oxygen atoms in total. The topological polar surface area (TPSA) is 12.0 Å². The summed E-state index contributed by atoms with van der Waals surface area (Å²) < 4.78 is 0. The van der Waals surface area contributed by atoms with Crippen molar-refractivity contribution in [2.24, 2.45) is 0 Å². The van der Waals surface area contributed by atoms with Crippen LogP contribution in [-0.2, 0) is 0 Å². The minimum Gasteiger partial charge on any atom is -0.309 e. The number of rotatable bonds is 4. The van der Waals surface area contributed by atoms with Crippen molar-refractivity contribution in [3.05, 3.63) is 65.7 Å². The maximum Gasteiger partial charge on any atom is 0.0585 e. The van der Waals surface area contributed by atoms with Gasteiger partial charge in [-0.15, -0.1) is 11.8 Å². The summed E-state index contributed by atoms with van der Waals surface area (Å²) in [7, 11) is 2.01. The minimum atomic E-state index is 0.264. The van der Waals surface area contributed by atoms with Crippen molar-refractivity contribution in [1.29, 1.82) is 0 Å². The fourth-order valence-electron chi connectivity index (χ4n) is 2.05. The number of hydrogen-bond donors (Lipinski definition) is 1. The van der Waals surface area contributed by atoms with Gasteiger partial charge in [0.05, 0.1) is 6.04 Å². The van der Waals surface area contributed by atoms with Gasteiger partial charge in [0, 0.05) is 4.90 Å². The van der Waals surface area contributed by atoms with Gasteiger partial charge in [0.15, 0.2) is 0 Å². The third-order valence-electron chi connectivity index (χ3n) is 2.87. The van der Waals surface area contributed by atoms with Gasteiger partial charge in [-0.25, -0.2) is 0 Å². The monoisotopic (exact) mass is 243 g/mol. The Balaban J connectivity index is 2.42. The van der Waals surface area contributed by atoms with E-state index in [1.165, 1.54) is 16.0 Å². The second kappa shape index (κ2) is 5.89. The second-order valence-electron chi connectivity index (χ2n) is 3.87. The quantitative estimate of drug-likeness (QED) is 0.821. The first-order valence-corrected chi connectivity index (χ1v) is 6.94. The Kier molecular flexibility index (Phi) is 4.24. The molecular weight excluding hydrogens is 226 g/mol. The summed E-state index contributed by atoms with van der Waals surface area (Å²) in [5.74, 6) is 0. The fraction of sp³-hybridized carbons (Fsp3) is 0.200. The molecule has 1 atom stereocenters. The van der Waals surface area contributed by atoms with Gasteiger partial charge in [-0.2, -0.15) is 0 Å². The van der Waals surface area contributed by atoms with Gasteiger partial charge in [-0.1, -0.05) is 48.5 Å². The molecule has 0 saturated heterocycles. The van der Waals surface area contributed by atoms with Crippen LogP contribution in [0, 0.1) is 0 Å². The smallest absolute Gasteiger partial charge is 0.0585 e. The van der Waals surface area contributed by atoms with Crippen LogP contribution < -0.4 is 5.32 Å². The SMILES string of the molecule is CNC(c1ccccc1)c1ccccc1SC. The molecule has 0 heterocycles. The summed E-state index contributed by atoms with van der Waals surface area (Å²) in [6, 6.07) is 19.4. The van der Waals surface area contributed by atoms with E-state index in [9.17, 15) is 0 Å². The molecule has 0 fully saturated rings. The molecule has 0 saturated carbocycles. The number of thioether (sulfide) groups is 1. The van der Waals surface area contributed by atoms with Crippen molar-refractivity contribution in [2.75, 3.05) is 13.3 Å². The summed E-state index contributed by atoms with van der Waals surface area (Å²) in [5.41, 5.74) is 2.64. The van der Waals surface area contributed by atoms with E-state index in [-0.39, 0.29) is 6.04 Å². The highest BCUT2D eigenvalue weighted by Crippen LogP contribution is 2.29. The van der Waals surface area contributed by atoms with E-state index in [0.29, 0.717) is 0 Å². The van der Waals surface area contributed by atoms with Crippen molar-refractivity contribution in [2.45, 2.75) is 10.9 Å². The van der Waals surface area contributed by atoms with Gasteiger partial charge in [-0.3, -0.25) is 0 Å². The van der Waals surface area contributed by atoms with E-state index in [4.69, 9.17) is 0 Å². The van der Waals surface area contributed by atoms with E-state index < -0.39 is 0 Å². The normalized spacial score (nSPS) is 12.4. The third kappa shape index (κ3) is 2.71. The van der Waals surface area contributed by atoms with Crippen LogP contribution in [0.25, 0.3) is 0 Å². The van der Waals surface area contributed by atoms with Crippen LogP contribution in [0.3, 0.4) is 0 Å². The Morgan fingerprint density at radius 3 is 2.24 bits per heavy atom. The summed E-state index contributed by atoms with van der Waals surface area (Å²) >= 11 is 1.79. The van der Waals surface area contributed by atoms with Crippen molar-refractivity contribution >= 4 is 11.8 Å². The Labute approximate surface area is 107 Å². The lowest BCUT2D eigenvalue weighted by atomic mass is 9.99. The van der Waals surface area contributed by atoms with Crippen LogP contribution in [0.1, 0.15) is 17.2 Å². The molecule has 88 valence electrons. The molecular formula is C15H17NS. The molecule has 2 aromatic carbocycles. The van der Waals surface area contributed by atoms with Gasteiger partial charge in [0.1, 0.15) is 0 Å². The summed E-state index contributed by atoms with van der Waals surface area (Å²) in [6.07, 6.45) is 2.12. The van der Waals surface area contributed by atoms with Crippen LogP contribution in [-0.4, -0.2) is 13.3 Å². The number of benzene rings is 2. The van der Waals surface area contributed by atoms with Gasteiger partial charge in [0.2, 0.25) is 0 Å². The van der Waals surface area contributed by atoms with E-state index in [2.05, 4.69) is 66.2 Å². The van der Waals surface area contributed by atoms with Crippen LogP contribution >= 0.6 is 11.8 Å². The van der Waals surface area contributed by atoms with Crippen molar-refractivity contribution in [3.8, 4) is 0 Å². The third-order valence-corrected chi connectivity index (χ3v) is 3.68. The molecule has 0 aliphatic rings. The van der Waals surface area contributed by atoms with Crippen molar-refractivity contribution in [3.63, 3.8) is 0 Å². The molecule has 0 radical (unpaired) electrons. The van der Waals surface area contributed by atoms with E-state index in [0.717, 1.165) is 0 Å². The maximum atomic E-state index is 3.40. The van der Waals surface area contributed by atoms with E-state index in [1.54, 1.807) is 11.8 Å². The average Bonchev–Trinajstić information content (AvgIpc) is 2.41. The molecule has 0 bridgehead atoms. The van der Waals surface area contributed by atoms with Crippen LogP contribution in [0.2, 0.25) is 0 Å². The lowest BCUT2D eigenvalue weighted by molar-refractivity contribution is 0.680. The van der Waals surface area contributed by atoms with Crippen LogP contribution in [0.15, 0.2) is 59.5 Å². The maximum absolute atomic E-state index is 3.40. The lowest BCUT2D eigenvalue weighted by Crippen LogP contribution is -2.18. The number of hydrogen-bond acceptors (Lipinski definition) is 2. The van der Waals surface area contributed by atoms with Crippen LogP contribution in [0.4, 0.5) is 0 Å². The Bertz CT molecular complexity index is 467.